The Hall–Kier alpha value is -1.54. The molecule has 0 aliphatic heterocycles. The van der Waals surface area contributed by atoms with Crippen LogP contribution in [-0.2, 0) is 6.54 Å². The smallest absolute Gasteiger partial charge is 0.0603 e. The largest absolute Gasteiger partial charge is 0.380 e. The predicted molar refractivity (Wildman–Crippen MR) is 72.5 cm³/mol. The molecule has 0 aliphatic carbocycles. The molecular weight excluding hydrogens is 232 g/mol. The van der Waals surface area contributed by atoms with Crippen molar-refractivity contribution in [2.45, 2.75) is 20.4 Å². The van der Waals surface area contributed by atoms with Gasteiger partial charge in [-0.15, -0.1) is 0 Å². The Morgan fingerprint density at radius 2 is 2.06 bits per heavy atom. The van der Waals surface area contributed by atoms with Crippen LogP contribution in [0.4, 0.5) is 5.69 Å². The summed E-state index contributed by atoms with van der Waals surface area (Å²) in [6.45, 7) is 4.75. The van der Waals surface area contributed by atoms with Gasteiger partial charge >= 0.3 is 0 Å². The van der Waals surface area contributed by atoms with E-state index in [-0.39, 0.29) is 0 Å². The molecule has 1 aromatic heterocycles. The molecule has 17 heavy (non-hydrogen) atoms. The van der Waals surface area contributed by atoms with E-state index in [9.17, 15) is 0 Å². The van der Waals surface area contributed by atoms with Crippen molar-refractivity contribution in [2.75, 3.05) is 5.32 Å². The number of halogens is 1. The third kappa shape index (κ3) is 2.98. The Morgan fingerprint density at radius 1 is 1.24 bits per heavy atom. The average Bonchev–Trinajstić information content (AvgIpc) is 2.32. The van der Waals surface area contributed by atoms with Crippen molar-refractivity contribution in [1.29, 1.82) is 0 Å². The topological polar surface area (TPSA) is 24.9 Å². The van der Waals surface area contributed by atoms with Crippen molar-refractivity contribution in [3.8, 4) is 0 Å². The SMILES string of the molecule is Cc1ccc(CNc2cccnc2C)cc1Cl. The van der Waals surface area contributed by atoms with Gasteiger partial charge in [-0.25, -0.2) is 0 Å². The number of nitrogens with zero attached hydrogens (tertiary/aromatic N) is 1. The highest BCUT2D eigenvalue weighted by atomic mass is 35.5. The summed E-state index contributed by atoms with van der Waals surface area (Å²) in [5.41, 5.74) is 4.34. The van der Waals surface area contributed by atoms with Crippen molar-refractivity contribution < 1.29 is 0 Å². The van der Waals surface area contributed by atoms with Gasteiger partial charge in [0, 0.05) is 17.8 Å². The Kier molecular flexibility index (Phi) is 3.64. The number of nitrogens with one attached hydrogen (secondary N) is 1. The van der Waals surface area contributed by atoms with E-state index in [0.29, 0.717) is 0 Å². The number of aromatic nitrogens is 1. The van der Waals surface area contributed by atoms with Gasteiger partial charge in [-0.2, -0.15) is 0 Å². The van der Waals surface area contributed by atoms with Gasteiger partial charge in [0.15, 0.2) is 0 Å². The Morgan fingerprint density at radius 3 is 2.76 bits per heavy atom. The number of aryl methyl sites for hydroxylation is 2. The lowest BCUT2D eigenvalue weighted by Gasteiger charge is -2.09. The number of hydrogen-bond donors (Lipinski definition) is 1. The highest BCUT2D eigenvalue weighted by molar-refractivity contribution is 6.31. The van der Waals surface area contributed by atoms with Crippen LogP contribution < -0.4 is 5.32 Å². The standard InChI is InChI=1S/C14H15ClN2/c1-10-5-6-12(8-13(10)15)9-17-14-4-3-7-16-11(14)2/h3-8,17H,9H2,1-2H3. The van der Waals surface area contributed by atoms with E-state index in [0.717, 1.165) is 28.5 Å². The lowest BCUT2D eigenvalue weighted by molar-refractivity contribution is 1.11. The van der Waals surface area contributed by atoms with E-state index >= 15 is 0 Å². The highest BCUT2D eigenvalue weighted by Crippen LogP contribution is 2.18. The molecular formula is C14H15ClN2. The molecule has 1 N–H and O–H groups in total. The van der Waals surface area contributed by atoms with Crippen molar-refractivity contribution in [2.24, 2.45) is 0 Å². The molecule has 0 spiro atoms. The first-order valence-corrected chi connectivity index (χ1v) is 5.95. The monoisotopic (exact) mass is 246 g/mol. The first-order valence-electron chi connectivity index (χ1n) is 5.57. The zero-order valence-electron chi connectivity index (χ0n) is 10.00. The molecule has 1 aromatic carbocycles. The minimum atomic E-state index is 0.756. The van der Waals surface area contributed by atoms with Crippen LogP contribution in [0.1, 0.15) is 16.8 Å². The van der Waals surface area contributed by atoms with Crippen LogP contribution in [0.25, 0.3) is 0 Å². The van der Waals surface area contributed by atoms with E-state index < -0.39 is 0 Å². The lowest BCUT2D eigenvalue weighted by Crippen LogP contribution is -2.01. The molecule has 2 aromatic rings. The Labute approximate surface area is 107 Å². The first kappa shape index (κ1) is 11.9. The Balaban J connectivity index is 2.08. The average molecular weight is 247 g/mol. The minimum Gasteiger partial charge on any atom is -0.380 e. The number of benzene rings is 1. The second kappa shape index (κ2) is 5.19. The van der Waals surface area contributed by atoms with E-state index in [1.165, 1.54) is 5.56 Å². The quantitative estimate of drug-likeness (QED) is 0.887. The maximum atomic E-state index is 6.09. The van der Waals surface area contributed by atoms with Gasteiger partial charge in [0.25, 0.3) is 0 Å². The van der Waals surface area contributed by atoms with Gasteiger partial charge in [0.2, 0.25) is 0 Å². The third-order valence-corrected chi connectivity index (χ3v) is 3.13. The molecule has 0 aliphatic rings. The summed E-state index contributed by atoms with van der Waals surface area (Å²) in [7, 11) is 0. The van der Waals surface area contributed by atoms with Crippen LogP contribution in [0.5, 0.6) is 0 Å². The number of pyridine rings is 1. The molecule has 1 heterocycles. The molecule has 3 heteroatoms. The predicted octanol–water partition coefficient (Wildman–Crippen LogP) is 3.96. The van der Waals surface area contributed by atoms with Crippen LogP contribution in [0.15, 0.2) is 36.5 Å². The normalized spacial score (nSPS) is 10.3. The summed E-state index contributed by atoms with van der Waals surface area (Å²) >= 11 is 6.09. The van der Waals surface area contributed by atoms with Gasteiger partial charge in [-0.1, -0.05) is 23.7 Å². The summed E-state index contributed by atoms with van der Waals surface area (Å²) in [5.74, 6) is 0. The summed E-state index contributed by atoms with van der Waals surface area (Å²) < 4.78 is 0. The fourth-order valence-electron chi connectivity index (χ4n) is 1.61. The summed E-state index contributed by atoms with van der Waals surface area (Å²) in [5, 5.41) is 4.17. The first-order chi connectivity index (χ1) is 8.16. The van der Waals surface area contributed by atoms with Crippen molar-refractivity contribution >= 4 is 17.3 Å². The van der Waals surface area contributed by atoms with Gasteiger partial charge < -0.3 is 5.32 Å². The van der Waals surface area contributed by atoms with Crippen LogP contribution in [0.3, 0.4) is 0 Å². The molecule has 0 fully saturated rings. The zero-order chi connectivity index (χ0) is 12.3. The van der Waals surface area contributed by atoms with E-state index in [1.807, 2.05) is 38.1 Å². The van der Waals surface area contributed by atoms with Crippen molar-refractivity contribution in [1.82, 2.24) is 4.98 Å². The van der Waals surface area contributed by atoms with Crippen molar-refractivity contribution in [3.63, 3.8) is 0 Å². The molecule has 0 radical (unpaired) electrons. The molecule has 0 unspecified atom stereocenters. The van der Waals surface area contributed by atoms with Crippen LogP contribution in [0.2, 0.25) is 5.02 Å². The maximum Gasteiger partial charge on any atom is 0.0603 e. The number of anilines is 1. The molecule has 0 saturated heterocycles. The molecule has 0 bridgehead atoms. The molecule has 2 rings (SSSR count). The molecule has 0 saturated carbocycles. The van der Waals surface area contributed by atoms with Crippen molar-refractivity contribution in [3.05, 3.63) is 58.4 Å². The number of rotatable bonds is 3. The Bertz CT molecular complexity index is 523. The minimum absolute atomic E-state index is 0.756. The zero-order valence-corrected chi connectivity index (χ0v) is 10.8. The maximum absolute atomic E-state index is 6.09. The van der Waals surface area contributed by atoms with Crippen LogP contribution in [0, 0.1) is 13.8 Å². The van der Waals surface area contributed by atoms with E-state index in [1.54, 1.807) is 6.20 Å². The van der Waals surface area contributed by atoms with Gasteiger partial charge in [0.05, 0.1) is 11.4 Å². The second-order valence-electron chi connectivity index (χ2n) is 4.07. The molecule has 0 amide bonds. The summed E-state index contributed by atoms with van der Waals surface area (Å²) in [6, 6.07) is 10.1. The summed E-state index contributed by atoms with van der Waals surface area (Å²) in [4.78, 5) is 4.23. The van der Waals surface area contributed by atoms with Gasteiger partial charge in [-0.3, -0.25) is 4.98 Å². The molecule has 2 nitrogen and oxygen atoms in total. The molecule has 88 valence electrons. The van der Waals surface area contributed by atoms with E-state index in [4.69, 9.17) is 11.6 Å². The number of hydrogen-bond acceptors (Lipinski definition) is 2. The fraction of sp³-hybridized carbons (Fsp3) is 0.214. The van der Waals surface area contributed by atoms with Gasteiger partial charge in [0.1, 0.15) is 0 Å². The second-order valence-corrected chi connectivity index (χ2v) is 4.48. The van der Waals surface area contributed by atoms with Gasteiger partial charge in [-0.05, 0) is 43.2 Å². The van der Waals surface area contributed by atoms with Crippen LogP contribution >= 0.6 is 11.6 Å². The highest BCUT2D eigenvalue weighted by Gasteiger charge is 2.00. The van der Waals surface area contributed by atoms with Crippen LogP contribution in [-0.4, -0.2) is 4.98 Å². The molecule has 0 atom stereocenters. The third-order valence-electron chi connectivity index (χ3n) is 2.73. The fourth-order valence-corrected chi connectivity index (χ4v) is 1.82. The lowest BCUT2D eigenvalue weighted by atomic mass is 10.1. The van der Waals surface area contributed by atoms with E-state index in [2.05, 4.69) is 16.4 Å². The summed E-state index contributed by atoms with van der Waals surface area (Å²) in [6.07, 6.45) is 1.79.